The second kappa shape index (κ2) is 9.27. The van der Waals surface area contributed by atoms with Crippen LogP contribution in [0.2, 0.25) is 0 Å². The van der Waals surface area contributed by atoms with E-state index in [0.717, 1.165) is 38.3 Å². The van der Waals surface area contributed by atoms with Crippen LogP contribution in [-0.4, -0.2) is 55.0 Å². The number of amides is 1. The van der Waals surface area contributed by atoms with Crippen molar-refractivity contribution in [3.05, 3.63) is 70.0 Å². The van der Waals surface area contributed by atoms with Gasteiger partial charge in [0.2, 0.25) is 5.91 Å². The lowest BCUT2D eigenvalue weighted by Gasteiger charge is -2.36. The summed E-state index contributed by atoms with van der Waals surface area (Å²) < 4.78 is 13.9. The van der Waals surface area contributed by atoms with Crippen molar-refractivity contribution in [3.8, 4) is 0 Å². The van der Waals surface area contributed by atoms with E-state index >= 15 is 0 Å². The van der Waals surface area contributed by atoms with Crippen LogP contribution < -0.4 is 10.2 Å². The number of anilines is 1. The summed E-state index contributed by atoms with van der Waals surface area (Å²) in [7, 11) is 0. The van der Waals surface area contributed by atoms with Crippen LogP contribution in [0.1, 0.15) is 5.56 Å². The Labute approximate surface area is 162 Å². The number of carbonyl (C=O) groups excluding carboxylic acids is 1. The van der Waals surface area contributed by atoms with Crippen molar-refractivity contribution < 1.29 is 14.1 Å². The average Bonchev–Trinajstić information content (AvgIpc) is 2.69. The first kappa shape index (κ1) is 19.8. The highest BCUT2D eigenvalue weighted by molar-refractivity contribution is 5.78. The number of nitrogens with one attached hydrogen (secondary N) is 1. The van der Waals surface area contributed by atoms with Crippen molar-refractivity contribution in [3.63, 3.8) is 0 Å². The maximum atomic E-state index is 13.9. The van der Waals surface area contributed by atoms with Crippen molar-refractivity contribution >= 4 is 17.3 Å². The molecule has 0 unspecified atom stereocenters. The molecule has 1 heterocycles. The molecule has 1 N–H and O–H groups in total. The number of carbonyl (C=O) groups is 1. The molecule has 1 fully saturated rings. The number of rotatable bonds is 7. The van der Waals surface area contributed by atoms with Crippen molar-refractivity contribution in [2.24, 2.45) is 0 Å². The number of piperazine rings is 1. The van der Waals surface area contributed by atoms with Crippen molar-refractivity contribution in [2.45, 2.75) is 6.42 Å². The van der Waals surface area contributed by atoms with Gasteiger partial charge in [0.25, 0.3) is 5.69 Å². The Morgan fingerprint density at radius 1 is 1.07 bits per heavy atom. The van der Waals surface area contributed by atoms with Crippen LogP contribution in [-0.2, 0) is 11.2 Å². The molecule has 7 nitrogen and oxygen atoms in total. The third-order valence-electron chi connectivity index (χ3n) is 4.83. The van der Waals surface area contributed by atoms with Crippen LogP contribution in [0.25, 0.3) is 0 Å². The van der Waals surface area contributed by atoms with E-state index in [1.165, 1.54) is 18.2 Å². The highest BCUT2D eigenvalue weighted by Crippen LogP contribution is 2.20. The predicted molar refractivity (Wildman–Crippen MR) is 105 cm³/mol. The number of nitrogens with zero attached hydrogens (tertiary/aromatic N) is 3. The van der Waals surface area contributed by atoms with Gasteiger partial charge in [0.05, 0.1) is 17.0 Å². The fourth-order valence-electron chi connectivity index (χ4n) is 3.26. The minimum Gasteiger partial charge on any atom is -0.367 e. The zero-order chi connectivity index (χ0) is 19.9. The van der Waals surface area contributed by atoms with Crippen LogP contribution in [0.3, 0.4) is 0 Å². The van der Waals surface area contributed by atoms with Gasteiger partial charge in [0, 0.05) is 51.4 Å². The number of halogens is 1. The fourth-order valence-corrected chi connectivity index (χ4v) is 3.26. The van der Waals surface area contributed by atoms with Gasteiger partial charge >= 0.3 is 0 Å². The lowest BCUT2D eigenvalue weighted by molar-refractivity contribution is -0.384. The molecule has 0 atom stereocenters. The molecule has 0 aromatic heterocycles. The summed E-state index contributed by atoms with van der Waals surface area (Å²) in [6, 6.07) is 12.8. The summed E-state index contributed by atoms with van der Waals surface area (Å²) in [4.78, 5) is 26.5. The molecule has 28 heavy (non-hydrogen) atoms. The Morgan fingerprint density at radius 3 is 2.39 bits per heavy atom. The van der Waals surface area contributed by atoms with Crippen molar-refractivity contribution in [1.82, 2.24) is 10.2 Å². The Kier molecular flexibility index (Phi) is 6.54. The Hall–Kier alpha value is -3.00. The highest BCUT2D eigenvalue weighted by atomic mass is 19.1. The Morgan fingerprint density at radius 2 is 1.75 bits per heavy atom. The van der Waals surface area contributed by atoms with Crippen molar-refractivity contribution in [1.29, 1.82) is 0 Å². The van der Waals surface area contributed by atoms with Crippen LogP contribution >= 0.6 is 0 Å². The van der Waals surface area contributed by atoms with Gasteiger partial charge in [-0.25, -0.2) is 4.39 Å². The second-order valence-corrected chi connectivity index (χ2v) is 6.73. The average molecular weight is 386 g/mol. The van der Waals surface area contributed by atoms with Crippen LogP contribution in [0, 0.1) is 15.9 Å². The Bertz CT molecular complexity index is 820. The van der Waals surface area contributed by atoms with Crippen LogP contribution in [0.4, 0.5) is 15.8 Å². The van der Waals surface area contributed by atoms with E-state index in [1.54, 1.807) is 24.3 Å². The topological polar surface area (TPSA) is 78.7 Å². The summed E-state index contributed by atoms with van der Waals surface area (Å²) in [5.41, 5.74) is 1.39. The molecular weight excluding hydrogens is 363 g/mol. The number of nitro benzene ring substituents is 1. The quantitative estimate of drug-likeness (QED) is 0.583. The van der Waals surface area contributed by atoms with E-state index in [-0.39, 0.29) is 23.8 Å². The molecule has 3 rings (SSSR count). The first-order chi connectivity index (χ1) is 13.5. The van der Waals surface area contributed by atoms with E-state index in [0.29, 0.717) is 12.2 Å². The third kappa shape index (κ3) is 5.26. The van der Waals surface area contributed by atoms with E-state index in [1.807, 2.05) is 11.0 Å². The smallest absolute Gasteiger partial charge is 0.269 e. The molecule has 0 spiro atoms. The monoisotopic (exact) mass is 386 g/mol. The van der Waals surface area contributed by atoms with E-state index < -0.39 is 4.92 Å². The third-order valence-corrected chi connectivity index (χ3v) is 4.83. The second-order valence-electron chi connectivity index (χ2n) is 6.73. The predicted octanol–water partition coefficient (Wildman–Crippen LogP) is 2.21. The molecule has 1 aliphatic rings. The molecule has 0 bridgehead atoms. The molecule has 0 saturated carbocycles. The van der Waals surface area contributed by atoms with Gasteiger partial charge in [-0.3, -0.25) is 19.8 Å². The lowest BCUT2D eigenvalue weighted by atomic mass is 10.1. The molecule has 1 amide bonds. The summed E-state index contributed by atoms with van der Waals surface area (Å²) in [5.74, 6) is -0.312. The number of para-hydroxylation sites is 1. The number of hydrogen-bond donors (Lipinski definition) is 1. The maximum absolute atomic E-state index is 13.9. The van der Waals surface area contributed by atoms with Gasteiger partial charge < -0.3 is 10.2 Å². The standard InChI is InChI=1S/C20H23FN4O3/c21-18-3-1-2-4-19(18)24-13-11-23(12-14-24)10-9-22-20(26)15-16-5-7-17(8-6-16)25(27)28/h1-8H,9-15H2,(H,22,26). The van der Waals surface area contributed by atoms with E-state index in [4.69, 9.17) is 0 Å². The van der Waals surface area contributed by atoms with E-state index in [9.17, 15) is 19.3 Å². The zero-order valence-electron chi connectivity index (χ0n) is 15.5. The summed E-state index contributed by atoms with van der Waals surface area (Å²) in [5, 5.41) is 13.5. The molecule has 1 aliphatic heterocycles. The highest BCUT2D eigenvalue weighted by Gasteiger charge is 2.19. The van der Waals surface area contributed by atoms with Gasteiger partial charge in [-0.05, 0) is 17.7 Å². The minimum atomic E-state index is -0.463. The summed E-state index contributed by atoms with van der Waals surface area (Å²) >= 11 is 0. The summed E-state index contributed by atoms with van der Waals surface area (Å²) in [6.07, 6.45) is 0.194. The molecule has 0 radical (unpaired) electrons. The number of hydrogen-bond acceptors (Lipinski definition) is 5. The fraction of sp³-hybridized carbons (Fsp3) is 0.350. The van der Waals surface area contributed by atoms with Gasteiger partial charge in [-0.15, -0.1) is 0 Å². The maximum Gasteiger partial charge on any atom is 0.269 e. The molecule has 148 valence electrons. The Balaban J connectivity index is 1.37. The normalized spacial score (nSPS) is 14.7. The van der Waals surface area contributed by atoms with Gasteiger partial charge in [-0.1, -0.05) is 24.3 Å². The first-order valence-corrected chi connectivity index (χ1v) is 9.25. The molecular formula is C20H23FN4O3. The first-order valence-electron chi connectivity index (χ1n) is 9.25. The lowest BCUT2D eigenvalue weighted by Crippen LogP contribution is -2.48. The van der Waals surface area contributed by atoms with E-state index in [2.05, 4.69) is 10.2 Å². The molecule has 8 heteroatoms. The number of nitro groups is 1. The van der Waals surface area contributed by atoms with Gasteiger partial charge in [0.1, 0.15) is 5.82 Å². The molecule has 0 aliphatic carbocycles. The van der Waals surface area contributed by atoms with Crippen molar-refractivity contribution in [2.75, 3.05) is 44.2 Å². The minimum absolute atomic E-state index is 0.0127. The number of non-ortho nitro benzene ring substituents is 1. The molecule has 2 aromatic rings. The summed E-state index contributed by atoms with van der Waals surface area (Å²) in [6.45, 7) is 4.39. The SMILES string of the molecule is O=C(Cc1ccc([N+](=O)[O-])cc1)NCCN1CCN(c2ccccc2F)CC1. The zero-order valence-corrected chi connectivity index (χ0v) is 15.5. The van der Waals surface area contributed by atoms with Crippen LogP contribution in [0.15, 0.2) is 48.5 Å². The molecule has 2 aromatic carbocycles. The van der Waals surface area contributed by atoms with Gasteiger partial charge in [0.15, 0.2) is 0 Å². The number of benzene rings is 2. The van der Waals surface area contributed by atoms with Gasteiger partial charge in [-0.2, -0.15) is 0 Å². The largest absolute Gasteiger partial charge is 0.367 e. The molecule has 1 saturated heterocycles. The van der Waals surface area contributed by atoms with Crippen LogP contribution in [0.5, 0.6) is 0 Å².